The van der Waals surface area contributed by atoms with Gasteiger partial charge in [0, 0.05) is 11.6 Å². The van der Waals surface area contributed by atoms with Gasteiger partial charge in [0.05, 0.1) is 25.7 Å². The fourth-order valence-corrected chi connectivity index (χ4v) is 2.51. The average molecular weight is 342 g/mol. The molecule has 1 aromatic heterocycles. The Morgan fingerprint density at radius 1 is 1.24 bits per heavy atom. The number of benzene rings is 1. The van der Waals surface area contributed by atoms with Gasteiger partial charge >= 0.3 is 5.63 Å². The van der Waals surface area contributed by atoms with Gasteiger partial charge in [-0.1, -0.05) is 18.2 Å². The van der Waals surface area contributed by atoms with Gasteiger partial charge in [-0.3, -0.25) is 9.59 Å². The number of carbonyl (C=O) groups is 2. The predicted molar refractivity (Wildman–Crippen MR) is 89.5 cm³/mol. The van der Waals surface area contributed by atoms with Crippen LogP contribution in [-0.4, -0.2) is 42.5 Å². The van der Waals surface area contributed by atoms with Gasteiger partial charge in [-0.05, 0) is 19.1 Å². The minimum absolute atomic E-state index is 0.0610. The summed E-state index contributed by atoms with van der Waals surface area (Å²) in [7, 11) is 0. The summed E-state index contributed by atoms with van der Waals surface area (Å²) in [5, 5.41) is 2.60. The summed E-state index contributed by atoms with van der Waals surface area (Å²) in [5.74, 6) is 0.447. The van der Waals surface area contributed by atoms with Crippen molar-refractivity contribution in [1.29, 1.82) is 0 Å². The van der Waals surface area contributed by atoms with Crippen molar-refractivity contribution in [3.8, 4) is 5.75 Å². The van der Waals surface area contributed by atoms with Crippen LogP contribution in [0.2, 0.25) is 0 Å². The molecule has 25 heavy (non-hydrogen) atoms. The van der Waals surface area contributed by atoms with E-state index >= 15 is 0 Å². The molecule has 2 heterocycles. The standard InChI is InChI=1S/C18H18N2O5/c1-12-7-14(8-17(22)24-12)25-15-10-20(11-15)16(21)9-19-18(23)13-5-3-2-4-6-13/h2-8,15H,9-11H2,1H3,(H,19,23). The van der Waals surface area contributed by atoms with Gasteiger partial charge in [-0.2, -0.15) is 0 Å². The van der Waals surface area contributed by atoms with E-state index in [-0.39, 0.29) is 24.5 Å². The molecule has 2 aromatic rings. The van der Waals surface area contributed by atoms with Gasteiger partial charge in [-0.15, -0.1) is 0 Å². The molecule has 2 amide bonds. The normalized spacial score (nSPS) is 13.9. The van der Waals surface area contributed by atoms with E-state index in [1.54, 1.807) is 42.2 Å². The molecule has 1 aliphatic heterocycles. The molecule has 1 N–H and O–H groups in total. The van der Waals surface area contributed by atoms with Crippen LogP contribution in [0.1, 0.15) is 16.1 Å². The smallest absolute Gasteiger partial charge is 0.339 e. The number of likely N-dealkylation sites (tertiary alicyclic amines) is 1. The SMILES string of the molecule is Cc1cc(OC2CN(C(=O)CNC(=O)c3ccccc3)C2)cc(=O)o1. The fourth-order valence-electron chi connectivity index (χ4n) is 2.51. The fraction of sp³-hybridized carbons (Fsp3) is 0.278. The van der Waals surface area contributed by atoms with Crippen molar-refractivity contribution in [2.45, 2.75) is 13.0 Å². The third-order valence-corrected chi connectivity index (χ3v) is 3.81. The molecule has 1 fully saturated rings. The van der Waals surface area contributed by atoms with Gasteiger partial charge in [0.25, 0.3) is 5.91 Å². The van der Waals surface area contributed by atoms with E-state index in [1.165, 1.54) is 6.07 Å². The highest BCUT2D eigenvalue weighted by Gasteiger charge is 2.32. The number of carbonyl (C=O) groups excluding carboxylic acids is 2. The molecule has 7 nitrogen and oxygen atoms in total. The quantitative estimate of drug-likeness (QED) is 0.874. The van der Waals surface area contributed by atoms with Gasteiger partial charge in [0.15, 0.2) is 0 Å². The van der Waals surface area contributed by atoms with Crippen molar-refractivity contribution in [1.82, 2.24) is 10.2 Å². The maximum atomic E-state index is 12.1. The monoisotopic (exact) mass is 342 g/mol. The Morgan fingerprint density at radius 2 is 1.96 bits per heavy atom. The Kier molecular flexibility index (Phi) is 4.83. The molecule has 0 radical (unpaired) electrons. The van der Waals surface area contributed by atoms with Crippen LogP contribution in [0, 0.1) is 6.92 Å². The Hall–Kier alpha value is -3.09. The van der Waals surface area contributed by atoms with Gasteiger partial charge in [0.1, 0.15) is 17.6 Å². The predicted octanol–water partition coefficient (Wildman–Crippen LogP) is 0.968. The zero-order chi connectivity index (χ0) is 17.8. The highest BCUT2D eigenvalue weighted by Crippen LogP contribution is 2.17. The lowest BCUT2D eigenvalue weighted by molar-refractivity contribution is -0.138. The number of ether oxygens (including phenoxy) is 1. The lowest BCUT2D eigenvalue weighted by atomic mass is 10.1. The first-order chi connectivity index (χ1) is 12.0. The second-order valence-corrected chi connectivity index (χ2v) is 5.81. The van der Waals surface area contributed by atoms with E-state index in [0.717, 1.165) is 0 Å². The minimum atomic E-state index is -0.467. The van der Waals surface area contributed by atoms with Crippen LogP contribution in [0.4, 0.5) is 0 Å². The summed E-state index contributed by atoms with van der Waals surface area (Å²) < 4.78 is 10.5. The zero-order valence-electron chi connectivity index (χ0n) is 13.7. The number of nitrogens with zero attached hydrogens (tertiary/aromatic N) is 1. The molecular formula is C18H18N2O5. The molecule has 0 unspecified atom stereocenters. The van der Waals surface area contributed by atoms with E-state index in [2.05, 4.69) is 5.32 Å². The molecule has 1 aromatic carbocycles. The molecular weight excluding hydrogens is 324 g/mol. The number of hydrogen-bond acceptors (Lipinski definition) is 5. The van der Waals surface area contributed by atoms with E-state index in [4.69, 9.17) is 9.15 Å². The first-order valence-corrected chi connectivity index (χ1v) is 7.91. The summed E-state index contributed by atoms with van der Waals surface area (Å²) in [5.41, 5.74) is 0.0456. The highest BCUT2D eigenvalue weighted by molar-refractivity contribution is 5.96. The van der Waals surface area contributed by atoms with Crippen molar-refractivity contribution in [2.75, 3.05) is 19.6 Å². The molecule has 0 saturated carbocycles. The number of hydrogen-bond donors (Lipinski definition) is 1. The first kappa shape index (κ1) is 16.8. The molecule has 0 aliphatic carbocycles. The zero-order valence-corrected chi connectivity index (χ0v) is 13.7. The summed E-state index contributed by atoms with van der Waals surface area (Å²) in [6, 6.07) is 11.6. The highest BCUT2D eigenvalue weighted by atomic mass is 16.5. The van der Waals surface area contributed by atoms with E-state index in [9.17, 15) is 14.4 Å². The number of nitrogens with one attached hydrogen (secondary N) is 1. The van der Waals surface area contributed by atoms with Crippen LogP contribution in [-0.2, 0) is 4.79 Å². The topological polar surface area (TPSA) is 88.9 Å². The summed E-state index contributed by atoms with van der Waals surface area (Å²) in [4.78, 5) is 36.8. The molecule has 0 bridgehead atoms. The lowest BCUT2D eigenvalue weighted by Gasteiger charge is -2.38. The second-order valence-electron chi connectivity index (χ2n) is 5.81. The Morgan fingerprint density at radius 3 is 2.64 bits per heavy atom. The molecule has 0 atom stereocenters. The minimum Gasteiger partial charge on any atom is -0.486 e. The van der Waals surface area contributed by atoms with Crippen molar-refractivity contribution >= 4 is 11.8 Å². The Bertz CT molecular complexity index is 825. The number of aryl methyl sites for hydroxylation is 1. The number of rotatable bonds is 5. The summed E-state index contributed by atoms with van der Waals surface area (Å²) in [6.45, 7) is 2.44. The van der Waals surface area contributed by atoms with Gasteiger partial charge in [0.2, 0.25) is 5.91 Å². The molecule has 3 rings (SSSR count). The summed E-state index contributed by atoms with van der Waals surface area (Å²) >= 11 is 0. The van der Waals surface area contributed by atoms with Crippen LogP contribution in [0.25, 0.3) is 0 Å². The van der Waals surface area contributed by atoms with Crippen molar-refractivity contribution < 1.29 is 18.7 Å². The maximum absolute atomic E-state index is 12.1. The van der Waals surface area contributed by atoms with Crippen LogP contribution in [0.5, 0.6) is 5.75 Å². The van der Waals surface area contributed by atoms with E-state index in [1.807, 2.05) is 6.07 Å². The Balaban J connectivity index is 1.44. The van der Waals surface area contributed by atoms with Crippen molar-refractivity contribution in [3.05, 3.63) is 64.2 Å². The molecule has 0 spiro atoms. The third-order valence-electron chi connectivity index (χ3n) is 3.81. The van der Waals surface area contributed by atoms with Crippen molar-refractivity contribution in [3.63, 3.8) is 0 Å². The van der Waals surface area contributed by atoms with Gasteiger partial charge in [-0.25, -0.2) is 4.79 Å². The largest absolute Gasteiger partial charge is 0.486 e. The van der Waals surface area contributed by atoms with E-state index in [0.29, 0.717) is 30.2 Å². The summed E-state index contributed by atoms with van der Waals surface area (Å²) in [6.07, 6.45) is -0.171. The van der Waals surface area contributed by atoms with Gasteiger partial charge < -0.3 is 19.4 Å². The van der Waals surface area contributed by atoms with Crippen LogP contribution in [0.15, 0.2) is 51.7 Å². The lowest BCUT2D eigenvalue weighted by Crippen LogP contribution is -2.58. The van der Waals surface area contributed by atoms with Crippen LogP contribution in [0.3, 0.4) is 0 Å². The van der Waals surface area contributed by atoms with E-state index < -0.39 is 5.63 Å². The molecule has 130 valence electrons. The van der Waals surface area contributed by atoms with Crippen LogP contribution >= 0.6 is 0 Å². The molecule has 7 heteroatoms. The number of amides is 2. The van der Waals surface area contributed by atoms with Crippen LogP contribution < -0.4 is 15.7 Å². The maximum Gasteiger partial charge on any atom is 0.339 e. The second kappa shape index (κ2) is 7.21. The Labute approximate surface area is 144 Å². The third kappa shape index (κ3) is 4.26. The first-order valence-electron chi connectivity index (χ1n) is 7.91. The average Bonchev–Trinajstić information content (AvgIpc) is 2.55. The van der Waals surface area contributed by atoms with Crippen molar-refractivity contribution in [2.24, 2.45) is 0 Å². The molecule has 1 aliphatic rings. The molecule has 1 saturated heterocycles.